The summed E-state index contributed by atoms with van der Waals surface area (Å²) >= 11 is 0. The Bertz CT molecular complexity index is 802. The summed E-state index contributed by atoms with van der Waals surface area (Å²) in [6.07, 6.45) is 0. The molecule has 1 saturated heterocycles. The third-order valence-electron chi connectivity index (χ3n) is 5.36. The molecular weight excluding hydrogens is 440 g/mol. The summed E-state index contributed by atoms with van der Waals surface area (Å²) in [6, 6.07) is 7.81. The molecule has 0 saturated carbocycles. The van der Waals surface area contributed by atoms with E-state index in [9.17, 15) is 17.6 Å². The van der Waals surface area contributed by atoms with Gasteiger partial charge >= 0.3 is 0 Å². The van der Waals surface area contributed by atoms with Crippen molar-refractivity contribution in [3.05, 3.63) is 70.8 Å². The Kier molecular flexibility index (Phi) is 10.6. The van der Waals surface area contributed by atoms with Crippen molar-refractivity contribution in [2.45, 2.75) is 13.1 Å². The summed E-state index contributed by atoms with van der Waals surface area (Å²) in [5.74, 6) is -3.46. The fraction of sp³-hybridized carbons (Fsp3) is 0.500. The molecule has 0 atom stereocenters. The van der Waals surface area contributed by atoms with Gasteiger partial charge in [0.05, 0.1) is 39.6 Å². The minimum absolute atomic E-state index is 0.443. The molecule has 33 heavy (non-hydrogen) atoms. The predicted octanol–water partition coefficient (Wildman–Crippen LogP) is 3.61. The quantitative estimate of drug-likeness (QED) is 0.638. The zero-order valence-corrected chi connectivity index (χ0v) is 18.6. The van der Waals surface area contributed by atoms with Crippen molar-refractivity contribution in [1.29, 1.82) is 0 Å². The maximum absolute atomic E-state index is 13.6. The third-order valence-corrected chi connectivity index (χ3v) is 5.36. The molecule has 0 bridgehead atoms. The molecule has 1 aliphatic rings. The van der Waals surface area contributed by atoms with E-state index in [4.69, 9.17) is 14.2 Å². The van der Waals surface area contributed by atoms with Crippen LogP contribution in [0.4, 0.5) is 17.6 Å². The lowest BCUT2D eigenvalue weighted by Crippen LogP contribution is -2.33. The lowest BCUT2D eigenvalue weighted by Gasteiger charge is -2.24. The van der Waals surface area contributed by atoms with Gasteiger partial charge < -0.3 is 14.2 Å². The van der Waals surface area contributed by atoms with E-state index in [0.29, 0.717) is 90.0 Å². The van der Waals surface area contributed by atoms with Crippen LogP contribution in [0.1, 0.15) is 11.1 Å². The van der Waals surface area contributed by atoms with Crippen LogP contribution in [-0.4, -0.2) is 75.6 Å². The molecule has 5 nitrogen and oxygen atoms in total. The van der Waals surface area contributed by atoms with Crippen molar-refractivity contribution in [1.82, 2.24) is 9.80 Å². The van der Waals surface area contributed by atoms with E-state index in [1.54, 1.807) is 12.1 Å². The third kappa shape index (κ3) is 9.02. The molecule has 2 aromatic rings. The number of rotatable bonds is 4. The summed E-state index contributed by atoms with van der Waals surface area (Å²) < 4.78 is 70.6. The first-order valence-corrected chi connectivity index (χ1v) is 11.1. The van der Waals surface area contributed by atoms with Crippen LogP contribution < -0.4 is 0 Å². The average molecular weight is 471 g/mol. The Morgan fingerprint density at radius 1 is 0.515 bits per heavy atom. The Hall–Kier alpha value is -2.04. The zero-order valence-electron chi connectivity index (χ0n) is 18.6. The SMILES string of the molecule is Fc1ccc(CN2CCOCCOCCN(Cc3ccc(F)c(F)c3)CCOCC2)cc1F. The molecule has 182 valence electrons. The van der Waals surface area contributed by atoms with Crippen LogP contribution in [-0.2, 0) is 27.3 Å². The highest BCUT2D eigenvalue weighted by Crippen LogP contribution is 2.12. The minimum atomic E-state index is -0.865. The van der Waals surface area contributed by atoms with Crippen LogP contribution >= 0.6 is 0 Å². The fourth-order valence-electron chi connectivity index (χ4n) is 3.53. The van der Waals surface area contributed by atoms with Crippen molar-refractivity contribution >= 4 is 0 Å². The van der Waals surface area contributed by atoms with Gasteiger partial charge in [-0.25, -0.2) is 17.6 Å². The molecule has 3 rings (SSSR count). The van der Waals surface area contributed by atoms with Gasteiger partial charge in [-0.15, -0.1) is 0 Å². The zero-order chi connectivity index (χ0) is 23.5. The van der Waals surface area contributed by atoms with Crippen molar-refractivity contribution in [3.63, 3.8) is 0 Å². The molecule has 0 aromatic heterocycles. The van der Waals surface area contributed by atoms with E-state index in [-0.39, 0.29) is 0 Å². The number of ether oxygens (including phenoxy) is 3. The van der Waals surface area contributed by atoms with E-state index >= 15 is 0 Å². The number of benzene rings is 2. The Morgan fingerprint density at radius 2 is 0.879 bits per heavy atom. The van der Waals surface area contributed by atoms with Crippen LogP contribution in [0.15, 0.2) is 36.4 Å². The normalized spacial score (nSPS) is 18.5. The molecule has 9 heteroatoms. The average Bonchev–Trinajstić information content (AvgIpc) is 2.80. The van der Waals surface area contributed by atoms with Crippen LogP contribution in [0.5, 0.6) is 0 Å². The van der Waals surface area contributed by atoms with E-state index in [0.717, 1.165) is 12.1 Å². The second-order valence-electron chi connectivity index (χ2n) is 7.89. The molecule has 0 radical (unpaired) electrons. The second-order valence-corrected chi connectivity index (χ2v) is 7.89. The van der Waals surface area contributed by atoms with Gasteiger partial charge in [-0.2, -0.15) is 0 Å². The van der Waals surface area contributed by atoms with Crippen molar-refractivity contribution in [3.8, 4) is 0 Å². The molecule has 1 aliphatic heterocycles. The smallest absolute Gasteiger partial charge is 0.159 e. The van der Waals surface area contributed by atoms with Crippen LogP contribution in [0, 0.1) is 23.3 Å². The van der Waals surface area contributed by atoms with Gasteiger partial charge in [0.1, 0.15) is 0 Å². The lowest BCUT2D eigenvalue weighted by molar-refractivity contribution is 0.0310. The van der Waals surface area contributed by atoms with Gasteiger partial charge in [-0.3, -0.25) is 9.80 Å². The summed E-state index contributed by atoms with van der Waals surface area (Å²) in [5, 5.41) is 0. The molecule has 2 aromatic carbocycles. The number of hydrogen-bond donors (Lipinski definition) is 0. The maximum Gasteiger partial charge on any atom is 0.159 e. The highest BCUT2D eigenvalue weighted by atomic mass is 19.2. The largest absolute Gasteiger partial charge is 0.379 e. The Morgan fingerprint density at radius 3 is 1.24 bits per heavy atom. The monoisotopic (exact) mass is 470 g/mol. The van der Waals surface area contributed by atoms with Gasteiger partial charge in [0.15, 0.2) is 23.3 Å². The predicted molar refractivity (Wildman–Crippen MR) is 116 cm³/mol. The van der Waals surface area contributed by atoms with E-state index in [2.05, 4.69) is 9.80 Å². The first-order chi connectivity index (χ1) is 16.0. The molecule has 0 unspecified atom stereocenters. The van der Waals surface area contributed by atoms with Gasteiger partial charge in [0.25, 0.3) is 0 Å². The summed E-state index contributed by atoms with van der Waals surface area (Å²) in [4.78, 5) is 4.12. The first-order valence-electron chi connectivity index (χ1n) is 11.1. The number of halogens is 4. The topological polar surface area (TPSA) is 34.2 Å². The molecule has 1 heterocycles. The van der Waals surface area contributed by atoms with Crippen molar-refractivity contribution in [2.75, 3.05) is 65.8 Å². The van der Waals surface area contributed by atoms with E-state index < -0.39 is 23.3 Å². The molecule has 0 N–H and O–H groups in total. The van der Waals surface area contributed by atoms with Crippen LogP contribution in [0.3, 0.4) is 0 Å². The van der Waals surface area contributed by atoms with Crippen LogP contribution in [0.25, 0.3) is 0 Å². The highest BCUT2D eigenvalue weighted by molar-refractivity contribution is 5.18. The molecule has 0 amide bonds. The van der Waals surface area contributed by atoms with Crippen LogP contribution in [0.2, 0.25) is 0 Å². The second kappa shape index (κ2) is 13.6. The van der Waals surface area contributed by atoms with Gasteiger partial charge in [0.2, 0.25) is 0 Å². The summed E-state index contributed by atoms with van der Waals surface area (Å²) in [6.45, 7) is 6.09. The standard InChI is InChI=1S/C24H30F4N2O3/c25-21-3-1-19(15-23(21)27)17-29-5-9-31-10-6-30(8-12-33-14-13-32-11-7-29)18-20-2-4-22(26)24(28)16-20/h1-4,15-16H,5-14,17-18H2. The fourth-order valence-corrected chi connectivity index (χ4v) is 3.53. The molecule has 0 aliphatic carbocycles. The number of hydrogen-bond acceptors (Lipinski definition) is 5. The molecule has 0 spiro atoms. The van der Waals surface area contributed by atoms with Crippen molar-refractivity contribution < 1.29 is 31.8 Å². The Labute approximate surface area is 191 Å². The van der Waals surface area contributed by atoms with Gasteiger partial charge in [-0.1, -0.05) is 12.1 Å². The van der Waals surface area contributed by atoms with Gasteiger partial charge in [0, 0.05) is 39.3 Å². The van der Waals surface area contributed by atoms with E-state index in [1.165, 1.54) is 12.1 Å². The minimum Gasteiger partial charge on any atom is -0.379 e. The lowest BCUT2D eigenvalue weighted by atomic mass is 10.2. The number of nitrogens with zero attached hydrogens (tertiary/aromatic N) is 2. The highest BCUT2D eigenvalue weighted by Gasteiger charge is 2.12. The maximum atomic E-state index is 13.6. The van der Waals surface area contributed by atoms with Gasteiger partial charge in [-0.05, 0) is 35.4 Å². The summed E-state index contributed by atoms with van der Waals surface area (Å²) in [5.41, 5.74) is 1.35. The molecular formula is C24H30F4N2O3. The summed E-state index contributed by atoms with van der Waals surface area (Å²) in [7, 11) is 0. The molecule has 1 fully saturated rings. The Balaban J connectivity index is 1.54. The first kappa shape index (κ1) is 25.6. The van der Waals surface area contributed by atoms with E-state index in [1.807, 2.05) is 0 Å². The van der Waals surface area contributed by atoms with Crippen molar-refractivity contribution in [2.24, 2.45) is 0 Å².